The molecule has 0 aliphatic carbocycles. The van der Waals surface area contributed by atoms with Gasteiger partial charge in [0.05, 0.1) is 31.0 Å². The average molecular weight is 249 g/mol. The highest BCUT2D eigenvalue weighted by Gasteiger charge is 2.24. The minimum atomic E-state index is 0.0215. The van der Waals surface area contributed by atoms with Gasteiger partial charge in [0.15, 0.2) is 5.78 Å². The summed E-state index contributed by atoms with van der Waals surface area (Å²) in [5.41, 5.74) is 1.56. The van der Waals surface area contributed by atoms with E-state index in [0.717, 1.165) is 18.7 Å². The zero-order valence-electron chi connectivity index (χ0n) is 11.1. The lowest BCUT2D eigenvalue weighted by molar-refractivity contribution is 0.101. The van der Waals surface area contributed by atoms with Crippen molar-refractivity contribution in [2.24, 2.45) is 0 Å². The first-order valence-corrected chi connectivity index (χ1v) is 6.13. The molecule has 1 saturated heterocycles. The predicted molar refractivity (Wildman–Crippen MR) is 70.6 cm³/mol. The van der Waals surface area contributed by atoms with Crippen LogP contribution in [0, 0.1) is 0 Å². The van der Waals surface area contributed by atoms with E-state index in [4.69, 9.17) is 9.47 Å². The number of anilines is 1. The second-order valence-corrected chi connectivity index (χ2v) is 4.54. The second kappa shape index (κ2) is 5.40. The summed E-state index contributed by atoms with van der Waals surface area (Å²) in [6.07, 6.45) is 0.991. The third-order valence-corrected chi connectivity index (χ3v) is 3.41. The highest BCUT2D eigenvalue weighted by molar-refractivity contribution is 6.02. The third-order valence-electron chi connectivity index (χ3n) is 3.41. The largest absolute Gasteiger partial charge is 0.496 e. The number of benzene rings is 1. The molecule has 0 spiro atoms. The Bertz CT molecular complexity index is 439. The van der Waals surface area contributed by atoms with Crippen molar-refractivity contribution in [3.05, 3.63) is 23.8 Å². The number of ether oxygens (including phenoxy) is 2. The fourth-order valence-corrected chi connectivity index (χ4v) is 2.36. The molecule has 1 fully saturated rings. The first kappa shape index (κ1) is 12.9. The molecule has 18 heavy (non-hydrogen) atoms. The Morgan fingerprint density at radius 1 is 1.50 bits per heavy atom. The number of nitrogens with zero attached hydrogens (tertiary/aromatic N) is 1. The SMILES string of the molecule is COc1cccc(N(C)C2CCOC2)c1C(C)=O. The number of carbonyl (C=O) groups excluding carboxylic acids is 1. The monoisotopic (exact) mass is 249 g/mol. The maximum absolute atomic E-state index is 11.8. The van der Waals surface area contributed by atoms with E-state index in [9.17, 15) is 4.79 Å². The summed E-state index contributed by atoms with van der Waals surface area (Å²) < 4.78 is 10.7. The van der Waals surface area contributed by atoms with Crippen LogP contribution >= 0.6 is 0 Å². The van der Waals surface area contributed by atoms with Gasteiger partial charge < -0.3 is 14.4 Å². The van der Waals surface area contributed by atoms with E-state index in [1.165, 1.54) is 0 Å². The topological polar surface area (TPSA) is 38.8 Å². The van der Waals surface area contributed by atoms with E-state index in [1.54, 1.807) is 14.0 Å². The van der Waals surface area contributed by atoms with Gasteiger partial charge in [0.1, 0.15) is 5.75 Å². The summed E-state index contributed by atoms with van der Waals surface area (Å²) in [7, 11) is 3.59. The van der Waals surface area contributed by atoms with Crippen LogP contribution in [0.2, 0.25) is 0 Å². The van der Waals surface area contributed by atoms with E-state index >= 15 is 0 Å². The van der Waals surface area contributed by atoms with Crippen LogP contribution in [0.1, 0.15) is 23.7 Å². The molecule has 1 aliphatic rings. The van der Waals surface area contributed by atoms with Gasteiger partial charge in [-0.3, -0.25) is 4.79 Å². The van der Waals surface area contributed by atoms with Crippen molar-refractivity contribution in [1.82, 2.24) is 0 Å². The van der Waals surface area contributed by atoms with Gasteiger partial charge in [-0.25, -0.2) is 0 Å². The first-order valence-electron chi connectivity index (χ1n) is 6.13. The van der Waals surface area contributed by atoms with Gasteiger partial charge in [-0.15, -0.1) is 0 Å². The summed E-state index contributed by atoms with van der Waals surface area (Å²) in [4.78, 5) is 13.9. The molecule has 98 valence electrons. The summed E-state index contributed by atoms with van der Waals surface area (Å²) in [6, 6.07) is 6.01. The number of ketones is 1. The molecule has 4 nitrogen and oxygen atoms in total. The molecular weight excluding hydrogens is 230 g/mol. The second-order valence-electron chi connectivity index (χ2n) is 4.54. The lowest BCUT2D eigenvalue weighted by Crippen LogP contribution is -2.32. The fraction of sp³-hybridized carbons (Fsp3) is 0.500. The molecule has 0 saturated carbocycles. The standard InChI is InChI=1S/C14H19NO3/c1-10(16)14-12(5-4-6-13(14)17-3)15(2)11-7-8-18-9-11/h4-6,11H,7-9H2,1-3H3. The van der Waals surface area contributed by atoms with Crippen LogP contribution in [0.25, 0.3) is 0 Å². The highest BCUT2D eigenvalue weighted by Crippen LogP contribution is 2.31. The van der Waals surface area contributed by atoms with Crippen LogP contribution in [0.4, 0.5) is 5.69 Å². The quantitative estimate of drug-likeness (QED) is 0.766. The number of likely N-dealkylation sites (N-methyl/N-ethyl adjacent to an activating group) is 1. The van der Waals surface area contributed by atoms with E-state index < -0.39 is 0 Å². The molecule has 1 aromatic rings. The zero-order valence-corrected chi connectivity index (χ0v) is 11.1. The Hall–Kier alpha value is -1.55. The molecule has 0 radical (unpaired) electrons. The van der Waals surface area contributed by atoms with Crippen LogP contribution < -0.4 is 9.64 Å². The van der Waals surface area contributed by atoms with Gasteiger partial charge >= 0.3 is 0 Å². The van der Waals surface area contributed by atoms with Crippen LogP contribution in [-0.2, 0) is 4.74 Å². The van der Waals surface area contributed by atoms with Crippen LogP contribution in [0.3, 0.4) is 0 Å². The first-order chi connectivity index (χ1) is 8.65. The smallest absolute Gasteiger partial charge is 0.165 e. The minimum absolute atomic E-state index is 0.0215. The minimum Gasteiger partial charge on any atom is -0.496 e. The number of hydrogen-bond acceptors (Lipinski definition) is 4. The third kappa shape index (κ3) is 2.34. The molecule has 0 N–H and O–H groups in total. The van der Waals surface area contributed by atoms with Crippen molar-refractivity contribution >= 4 is 11.5 Å². The summed E-state index contributed by atoms with van der Waals surface area (Å²) in [5, 5.41) is 0. The van der Waals surface area contributed by atoms with Crippen molar-refractivity contribution in [2.45, 2.75) is 19.4 Å². The Labute approximate surface area is 107 Å². The van der Waals surface area contributed by atoms with E-state index in [2.05, 4.69) is 4.90 Å². The summed E-state index contributed by atoms with van der Waals surface area (Å²) >= 11 is 0. The fourth-order valence-electron chi connectivity index (χ4n) is 2.36. The van der Waals surface area contributed by atoms with Crippen molar-refractivity contribution in [3.8, 4) is 5.75 Å². The van der Waals surface area contributed by atoms with Crippen LogP contribution in [-0.4, -0.2) is 39.2 Å². The Balaban J connectivity index is 2.39. The number of rotatable bonds is 4. The van der Waals surface area contributed by atoms with E-state index in [-0.39, 0.29) is 5.78 Å². The highest BCUT2D eigenvalue weighted by atomic mass is 16.5. The van der Waals surface area contributed by atoms with E-state index in [0.29, 0.717) is 24.0 Å². The lowest BCUT2D eigenvalue weighted by atomic mass is 10.1. The van der Waals surface area contributed by atoms with Crippen molar-refractivity contribution in [3.63, 3.8) is 0 Å². The normalized spacial score (nSPS) is 18.7. The maximum Gasteiger partial charge on any atom is 0.165 e. The Kier molecular flexibility index (Phi) is 3.87. The molecule has 1 unspecified atom stereocenters. The number of Topliss-reactive ketones (excluding diaryl/α,β-unsaturated/α-hetero) is 1. The molecule has 0 bridgehead atoms. The Morgan fingerprint density at radius 3 is 2.83 bits per heavy atom. The zero-order chi connectivity index (χ0) is 13.1. The number of hydrogen-bond donors (Lipinski definition) is 0. The molecule has 1 atom stereocenters. The average Bonchev–Trinajstić information content (AvgIpc) is 2.90. The van der Waals surface area contributed by atoms with Crippen LogP contribution in [0.5, 0.6) is 5.75 Å². The molecule has 0 amide bonds. The molecule has 1 heterocycles. The molecule has 1 aliphatic heterocycles. The maximum atomic E-state index is 11.8. The lowest BCUT2D eigenvalue weighted by Gasteiger charge is -2.27. The molecular formula is C14H19NO3. The molecule has 4 heteroatoms. The summed E-state index contributed by atoms with van der Waals surface area (Å²) in [6.45, 7) is 3.07. The number of methoxy groups -OCH3 is 1. The number of carbonyl (C=O) groups is 1. The predicted octanol–water partition coefficient (Wildman–Crippen LogP) is 2.12. The van der Waals surface area contributed by atoms with Gasteiger partial charge in [0.25, 0.3) is 0 Å². The van der Waals surface area contributed by atoms with Crippen LogP contribution in [0.15, 0.2) is 18.2 Å². The molecule has 2 rings (SSSR count). The van der Waals surface area contributed by atoms with Crippen molar-refractivity contribution < 1.29 is 14.3 Å². The molecule has 1 aromatic carbocycles. The Morgan fingerprint density at radius 2 is 2.28 bits per heavy atom. The molecule has 0 aromatic heterocycles. The van der Waals surface area contributed by atoms with Gasteiger partial charge in [0, 0.05) is 13.7 Å². The van der Waals surface area contributed by atoms with Crippen molar-refractivity contribution in [2.75, 3.05) is 32.3 Å². The van der Waals surface area contributed by atoms with Gasteiger partial charge in [0.2, 0.25) is 0 Å². The van der Waals surface area contributed by atoms with Gasteiger partial charge in [-0.1, -0.05) is 6.07 Å². The summed E-state index contributed by atoms with van der Waals surface area (Å²) in [5.74, 6) is 0.652. The van der Waals surface area contributed by atoms with E-state index in [1.807, 2.05) is 25.2 Å². The van der Waals surface area contributed by atoms with Gasteiger partial charge in [-0.2, -0.15) is 0 Å². The van der Waals surface area contributed by atoms with Gasteiger partial charge in [-0.05, 0) is 25.5 Å². The van der Waals surface area contributed by atoms with Crippen molar-refractivity contribution in [1.29, 1.82) is 0 Å².